The van der Waals surface area contributed by atoms with E-state index in [0.29, 0.717) is 12.4 Å². The van der Waals surface area contributed by atoms with Gasteiger partial charge in [-0.05, 0) is 0 Å². The van der Waals surface area contributed by atoms with Gasteiger partial charge >= 0.3 is 6.03 Å². The normalized spacial score (nSPS) is 9.88. The molecular formula is C10H11N5OS. The molecule has 0 aromatic carbocycles. The first-order valence-corrected chi connectivity index (χ1v) is 5.92. The van der Waals surface area contributed by atoms with Crippen LogP contribution in [0, 0.1) is 0 Å². The monoisotopic (exact) mass is 249 g/mol. The van der Waals surface area contributed by atoms with Gasteiger partial charge in [-0.1, -0.05) is 0 Å². The number of nitrogens with zero attached hydrogens (tertiary/aromatic N) is 3. The van der Waals surface area contributed by atoms with Crippen LogP contribution in [0.1, 0.15) is 5.01 Å². The Kier molecular flexibility index (Phi) is 3.98. The summed E-state index contributed by atoms with van der Waals surface area (Å²) in [6.07, 6.45) is 7.03. The molecule has 2 amide bonds. The number of nitrogens with one attached hydrogen (secondary N) is 2. The Hall–Kier alpha value is -2.02. The van der Waals surface area contributed by atoms with Gasteiger partial charge in [0.15, 0.2) is 5.82 Å². The number of rotatable bonds is 4. The average molecular weight is 249 g/mol. The van der Waals surface area contributed by atoms with Crippen molar-refractivity contribution >= 4 is 23.2 Å². The first kappa shape index (κ1) is 11.5. The van der Waals surface area contributed by atoms with Crippen LogP contribution >= 0.6 is 11.3 Å². The molecule has 0 bridgehead atoms. The van der Waals surface area contributed by atoms with E-state index in [1.807, 2.05) is 5.38 Å². The third-order valence-corrected chi connectivity index (χ3v) is 2.75. The molecule has 7 heteroatoms. The molecule has 0 spiro atoms. The minimum absolute atomic E-state index is 0.290. The fourth-order valence-electron chi connectivity index (χ4n) is 1.18. The fourth-order valence-corrected chi connectivity index (χ4v) is 1.80. The van der Waals surface area contributed by atoms with E-state index in [1.54, 1.807) is 23.7 Å². The highest BCUT2D eigenvalue weighted by atomic mass is 32.1. The number of urea groups is 1. The quantitative estimate of drug-likeness (QED) is 0.855. The number of carbonyl (C=O) groups is 1. The van der Waals surface area contributed by atoms with Crippen LogP contribution in [0.5, 0.6) is 0 Å². The predicted octanol–water partition coefficient (Wildman–Crippen LogP) is 1.30. The second kappa shape index (κ2) is 5.90. The molecule has 0 unspecified atom stereocenters. The Morgan fingerprint density at radius 2 is 2.24 bits per heavy atom. The van der Waals surface area contributed by atoms with E-state index in [0.717, 1.165) is 11.4 Å². The zero-order valence-corrected chi connectivity index (χ0v) is 9.78. The summed E-state index contributed by atoms with van der Waals surface area (Å²) in [6, 6.07) is -0.290. The molecule has 6 nitrogen and oxygen atoms in total. The van der Waals surface area contributed by atoms with Gasteiger partial charge in [0.2, 0.25) is 0 Å². The van der Waals surface area contributed by atoms with Crippen molar-refractivity contribution in [2.45, 2.75) is 6.42 Å². The summed E-state index contributed by atoms with van der Waals surface area (Å²) in [5, 5.41) is 8.22. The number of amides is 2. The summed E-state index contributed by atoms with van der Waals surface area (Å²) in [7, 11) is 0. The molecule has 0 atom stereocenters. The largest absolute Gasteiger partial charge is 0.337 e. The van der Waals surface area contributed by atoms with Crippen LogP contribution in [0.4, 0.5) is 10.6 Å². The molecule has 2 rings (SSSR count). The van der Waals surface area contributed by atoms with Gasteiger partial charge in [0.25, 0.3) is 0 Å². The minimum atomic E-state index is -0.290. The highest BCUT2D eigenvalue weighted by molar-refractivity contribution is 7.09. The van der Waals surface area contributed by atoms with Crippen molar-refractivity contribution < 1.29 is 4.79 Å². The first-order valence-electron chi connectivity index (χ1n) is 5.04. The topological polar surface area (TPSA) is 79.8 Å². The molecule has 2 N–H and O–H groups in total. The van der Waals surface area contributed by atoms with Gasteiger partial charge in [0, 0.05) is 36.9 Å². The molecule has 2 aromatic heterocycles. The smallest absolute Gasteiger partial charge is 0.320 e. The van der Waals surface area contributed by atoms with Crippen molar-refractivity contribution in [3.63, 3.8) is 0 Å². The molecule has 0 fully saturated rings. The lowest BCUT2D eigenvalue weighted by atomic mass is 10.4. The number of anilines is 1. The number of hydrogen-bond donors (Lipinski definition) is 2. The summed E-state index contributed by atoms with van der Waals surface area (Å²) in [6.45, 7) is 0.541. The summed E-state index contributed by atoms with van der Waals surface area (Å²) in [5.41, 5.74) is 0. The Balaban J connectivity index is 1.71. The molecule has 2 aromatic rings. The molecule has 2 heterocycles. The van der Waals surface area contributed by atoms with Gasteiger partial charge in [-0.2, -0.15) is 0 Å². The Labute approximate surface area is 102 Å². The van der Waals surface area contributed by atoms with E-state index < -0.39 is 0 Å². The fraction of sp³-hybridized carbons (Fsp3) is 0.200. The van der Waals surface area contributed by atoms with Crippen LogP contribution in [0.15, 0.2) is 30.2 Å². The van der Waals surface area contributed by atoms with Crippen LogP contribution in [0.25, 0.3) is 0 Å². The summed E-state index contributed by atoms with van der Waals surface area (Å²) in [5.74, 6) is 0.430. The van der Waals surface area contributed by atoms with Crippen LogP contribution in [-0.2, 0) is 6.42 Å². The third kappa shape index (κ3) is 3.80. The van der Waals surface area contributed by atoms with Gasteiger partial charge in [0.1, 0.15) is 0 Å². The summed E-state index contributed by atoms with van der Waals surface area (Å²) < 4.78 is 0. The molecule has 17 heavy (non-hydrogen) atoms. The number of hydrogen-bond acceptors (Lipinski definition) is 5. The zero-order valence-electron chi connectivity index (χ0n) is 8.96. The molecule has 0 aliphatic rings. The van der Waals surface area contributed by atoms with Crippen LogP contribution in [0.2, 0.25) is 0 Å². The summed E-state index contributed by atoms with van der Waals surface area (Å²) >= 11 is 1.57. The van der Waals surface area contributed by atoms with Crippen LogP contribution in [-0.4, -0.2) is 27.5 Å². The molecule has 0 aliphatic carbocycles. The maximum Gasteiger partial charge on any atom is 0.320 e. The maximum absolute atomic E-state index is 11.4. The summed E-state index contributed by atoms with van der Waals surface area (Å²) in [4.78, 5) is 23.3. The van der Waals surface area contributed by atoms with E-state index >= 15 is 0 Å². The van der Waals surface area contributed by atoms with E-state index in [2.05, 4.69) is 25.6 Å². The van der Waals surface area contributed by atoms with Crippen molar-refractivity contribution in [1.29, 1.82) is 0 Å². The Morgan fingerprint density at radius 3 is 2.94 bits per heavy atom. The van der Waals surface area contributed by atoms with Crippen LogP contribution in [0.3, 0.4) is 0 Å². The van der Waals surface area contributed by atoms with Gasteiger partial charge in [-0.25, -0.2) is 14.8 Å². The van der Waals surface area contributed by atoms with Crippen molar-refractivity contribution in [1.82, 2.24) is 20.3 Å². The van der Waals surface area contributed by atoms with Crippen molar-refractivity contribution in [3.8, 4) is 0 Å². The van der Waals surface area contributed by atoms with Crippen molar-refractivity contribution in [2.75, 3.05) is 11.9 Å². The van der Waals surface area contributed by atoms with E-state index in [1.165, 1.54) is 12.4 Å². The van der Waals surface area contributed by atoms with Gasteiger partial charge in [0.05, 0.1) is 11.2 Å². The van der Waals surface area contributed by atoms with E-state index in [4.69, 9.17) is 0 Å². The van der Waals surface area contributed by atoms with Gasteiger partial charge < -0.3 is 5.32 Å². The maximum atomic E-state index is 11.4. The molecule has 0 radical (unpaired) electrons. The number of carbonyl (C=O) groups excluding carboxylic acids is 1. The molecule has 88 valence electrons. The molecule has 0 saturated carbocycles. The minimum Gasteiger partial charge on any atom is -0.337 e. The average Bonchev–Trinajstić information content (AvgIpc) is 2.83. The Morgan fingerprint density at radius 1 is 1.29 bits per heavy atom. The van der Waals surface area contributed by atoms with Crippen molar-refractivity contribution in [2.24, 2.45) is 0 Å². The number of thiazole rings is 1. The molecule has 0 aliphatic heterocycles. The lowest BCUT2D eigenvalue weighted by Crippen LogP contribution is -2.30. The van der Waals surface area contributed by atoms with Gasteiger partial charge in [-0.15, -0.1) is 11.3 Å². The van der Waals surface area contributed by atoms with Crippen LogP contribution < -0.4 is 10.6 Å². The number of aromatic nitrogens is 3. The lowest BCUT2D eigenvalue weighted by Gasteiger charge is -2.05. The van der Waals surface area contributed by atoms with Gasteiger partial charge in [-0.3, -0.25) is 10.3 Å². The third-order valence-electron chi connectivity index (χ3n) is 1.91. The zero-order chi connectivity index (χ0) is 11.9. The standard InChI is InChI=1S/C10H11N5OS/c16-10(15-8-7-11-3-4-12-8)14-2-1-9-13-5-6-17-9/h3-7H,1-2H2,(H2,12,14,15,16). The second-order valence-corrected chi connectivity index (χ2v) is 4.13. The second-order valence-electron chi connectivity index (χ2n) is 3.15. The lowest BCUT2D eigenvalue weighted by molar-refractivity contribution is 0.252. The first-order chi connectivity index (χ1) is 8.34. The highest BCUT2D eigenvalue weighted by Gasteiger charge is 2.02. The predicted molar refractivity (Wildman–Crippen MR) is 64.9 cm³/mol. The Bertz CT molecular complexity index is 459. The molecular weight excluding hydrogens is 238 g/mol. The van der Waals surface area contributed by atoms with Crippen molar-refractivity contribution in [3.05, 3.63) is 35.2 Å². The van der Waals surface area contributed by atoms with E-state index in [-0.39, 0.29) is 6.03 Å². The SMILES string of the molecule is O=C(NCCc1nccs1)Nc1cnccn1. The molecule has 0 saturated heterocycles. The van der Waals surface area contributed by atoms with E-state index in [9.17, 15) is 4.79 Å². The highest BCUT2D eigenvalue weighted by Crippen LogP contribution is 2.03.